The molecule has 0 saturated carbocycles. The van der Waals surface area contributed by atoms with Gasteiger partial charge in [0.05, 0.1) is 18.1 Å². The van der Waals surface area contributed by atoms with Crippen LogP contribution in [0.15, 0.2) is 47.3 Å². The number of imidazole rings is 1. The lowest BCUT2D eigenvalue weighted by molar-refractivity contribution is 0.102. The SMILES string of the molecule is COc1ccc2cc(C(=O)Nc3ccc4[nH]c(=O)[nH]c4c3)[nH]c2c1. The van der Waals surface area contributed by atoms with Gasteiger partial charge in [-0.2, -0.15) is 0 Å². The van der Waals surface area contributed by atoms with Gasteiger partial charge >= 0.3 is 5.69 Å². The van der Waals surface area contributed by atoms with Crippen molar-refractivity contribution in [2.75, 3.05) is 12.4 Å². The Morgan fingerprint density at radius 1 is 0.958 bits per heavy atom. The van der Waals surface area contributed by atoms with Crippen LogP contribution in [0.5, 0.6) is 5.75 Å². The molecule has 0 aliphatic rings. The van der Waals surface area contributed by atoms with Crippen molar-refractivity contribution < 1.29 is 9.53 Å². The number of aromatic amines is 3. The Morgan fingerprint density at radius 2 is 1.79 bits per heavy atom. The van der Waals surface area contributed by atoms with Crippen molar-refractivity contribution in [1.82, 2.24) is 15.0 Å². The number of nitrogens with one attached hydrogen (secondary N) is 4. The molecule has 0 atom stereocenters. The number of hydrogen-bond acceptors (Lipinski definition) is 3. The van der Waals surface area contributed by atoms with E-state index >= 15 is 0 Å². The van der Waals surface area contributed by atoms with Crippen LogP contribution in [0.25, 0.3) is 21.9 Å². The number of methoxy groups -OCH3 is 1. The second-order valence-corrected chi connectivity index (χ2v) is 5.43. The van der Waals surface area contributed by atoms with E-state index in [-0.39, 0.29) is 11.6 Å². The van der Waals surface area contributed by atoms with Crippen molar-refractivity contribution in [3.8, 4) is 5.75 Å². The summed E-state index contributed by atoms with van der Waals surface area (Å²) in [5, 5.41) is 3.73. The second kappa shape index (κ2) is 5.31. The first-order chi connectivity index (χ1) is 11.6. The Kier molecular flexibility index (Phi) is 3.13. The standard InChI is InChI=1S/C17H14N4O3/c1-24-11-4-2-9-6-15(19-13(9)8-11)16(22)18-10-3-5-12-14(7-10)21-17(23)20-12/h2-8,19H,1H3,(H,18,22)(H2,20,21,23). The molecule has 1 amide bonds. The molecule has 0 saturated heterocycles. The van der Waals surface area contributed by atoms with E-state index in [2.05, 4.69) is 20.3 Å². The predicted molar refractivity (Wildman–Crippen MR) is 91.7 cm³/mol. The Morgan fingerprint density at radius 3 is 2.62 bits per heavy atom. The third kappa shape index (κ3) is 2.41. The highest BCUT2D eigenvalue weighted by molar-refractivity contribution is 6.06. The summed E-state index contributed by atoms with van der Waals surface area (Å²) < 4.78 is 5.18. The molecule has 120 valence electrons. The van der Waals surface area contributed by atoms with E-state index in [1.807, 2.05) is 18.2 Å². The average molecular weight is 322 g/mol. The van der Waals surface area contributed by atoms with Gasteiger partial charge in [0.1, 0.15) is 11.4 Å². The number of ether oxygens (including phenoxy) is 1. The summed E-state index contributed by atoms with van der Waals surface area (Å²) >= 11 is 0. The van der Waals surface area contributed by atoms with Gasteiger partial charge in [0.2, 0.25) is 0 Å². The molecule has 7 nitrogen and oxygen atoms in total. The molecule has 24 heavy (non-hydrogen) atoms. The fourth-order valence-corrected chi connectivity index (χ4v) is 2.66. The van der Waals surface area contributed by atoms with Crippen molar-refractivity contribution in [3.63, 3.8) is 0 Å². The van der Waals surface area contributed by atoms with Crippen LogP contribution in [-0.4, -0.2) is 28.0 Å². The number of anilines is 1. The second-order valence-electron chi connectivity index (χ2n) is 5.43. The summed E-state index contributed by atoms with van der Waals surface area (Å²) in [4.78, 5) is 32.1. The van der Waals surface area contributed by atoms with Crippen LogP contribution in [0, 0.1) is 0 Å². The van der Waals surface area contributed by atoms with Crippen LogP contribution in [0.1, 0.15) is 10.5 Å². The topological polar surface area (TPSA) is 103 Å². The van der Waals surface area contributed by atoms with Crippen LogP contribution in [0.4, 0.5) is 5.69 Å². The molecule has 4 aromatic rings. The Bertz CT molecular complexity index is 1120. The van der Waals surface area contributed by atoms with E-state index in [0.29, 0.717) is 22.4 Å². The van der Waals surface area contributed by atoms with Gasteiger partial charge in [0, 0.05) is 22.7 Å². The molecule has 0 unspecified atom stereocenters. The zero-order valence-electron chi connectivity index (χ0n) is 12.8. The maximum atomic E-state index is 12.4. The summed E-state index contributed by atoms with van der Waals surface area (Å²) in [5.41, 5.74) is 2.91. The lowest BCUT2D eigenvalue weighted by atomic mass is 10.2. The Balaban J connectivity index is 1.63. The van der Waals surface area contributed by atoms with Crippen molar-refractivity contribution in [1.29, 1.82) is 0 Å². The van der Waals surface area contributed by atoms with Gasteiger partial charge in [-0.05, 0) is 36.4 Å². The molecule has 7 heteroatoms. The minimum absolute atomic E-state index is 0.262. The van der Waals surface area contributed by atoms with E-state index in [1.54, 1.807) is 31.4 Å². The number of carbonyl (C=O) groups excluding carboxylic acids is 1. The Labute approximate surface area is 135 Å². The smallest absolute Gasteiger partial charge is 0.323 e. The first-order valence-corrected chi connectivity index (χ1v) is 7.32. The van der Waals surface area contributed by atoms with Gasteiger partial charge in [0.25, 0.3) is 5.91 Å². The van der Waals surface area contributed by atoms with Gasteiger partial charge in [0.15, 0.2) is 0 Å². The zero-order valence-corrected chi connectivity index (χ0v) is 12.8. The molecule has 4 N–H and O–H groups in total. The summed E-state index contributed by atoms with van der Waals surface area (Å²) in [7, 11) is 1.60. The lowest BCUT2D eigenvalue weighted by Gasteiger charge is -2.03. The van der Waals surface area contributed by atoms with Crippen LogP contribution < -0.4 is 15.7 Å². The highest BCUT2D eigenvalue weighted by atomic mass is 16.5. The fourth-order valence-electron chi connectivity index (χ4n) is 2.66. The van der Waals surface area contributed by atoms with Gasteiger partial charge in [-0.3, -0.25) is 4.79 Å². The molecule has 0 bridgehead atoms. The molecule has 2 aromatic carbocycles. The first-order valence-electron chi connectivity index (χ1n) is 7.32. The average Bonchev–Trinajstić information content (AvgIpc) is 3.15. The van der Waals surface area contributed by atoms with E-state index < -0.39 is 0 Å². The van der Waals surface area contributed by atoms with Crippen molar-refractivity contribution >= 4 is 33.5 Å². The molecule has 0 spiro atoms. The number of amides is 1. The molecule has 0 aliphatic heterocycles. The van der Waals surface area contributed by atoms with E-state index in [4.69, 9.17) is 4.74 Å². The minimum atomic E-state index is -0.280. The number of aromatic nitrogens is 3. The molecule has 0 fully saturated rings. The quantitative estimate of drug-likeness (QED) is 0.466. The van der Waals surface area contributed by atoms with E-state index in [9.17, 15) is 9.59 Å². The zero-order chi connectivity index (χ0) is 16.7. The van der Waals surface area contributed by atoms with Crippen molar-refractivity contribution in [2.45, 2.75) is 0 Å². The van der Waals surface area contributed by atoms with E-state index in [0.717, 1.165) is 16.7 Å². The third-order valence-corrected chi connectivity index (χ3v) is 3.85. The number of fused-ring (bicyclic) bond motifs is 2. The summed E-state index contributed by atoms with van der Waals surface area (Å²) in [6, 6.07) is 12.5. The molecular weight excluding hydrogens is 308 g/mol. The van der Waals surface area contributed by atoms with Crippen molar-refractivity contribution in [2.24, 2.45) is 0 Å². The first kappa shape index (κ1) is 14.1. The maximum absolute atomic E-state index is 12.4. The number of H-pyrrole nitrogens is 3. The summed E-state index contributed by atoms with van der Waals surface area (Å²) in [5.74, 6) is 0.459. The summed E-state index contributed by atoms with van der Waals surface area (Å²) in [6.45, 7) is 0. The van der Waals surface area contributed by atoms with Gasteiger partial charge in [-0.15, -0.1) is 0 Å². The number of carbonyl (C=O) groups is 1. The van der Waals surface area contributed by atoms with E-state index in [1.165, 1.54) is 0 Å². The predicted octanol–water partition coefficient (Wildman–Crippen LogP) is 2.60. The van der Waals surface area contributed by atoms with Crippen LogP contribution in [0.3, 0.4) is 0 Å². The molecule has 0 radical (unpaired) electrons. The molecule has 2 aromatic heterocycles. The number of hydrogen-bond donors (Lipinski definition) is 4. The fraction of sp³-hybridized carbons (Fsp3) is 0.0588. The minimum Gasteiger partial charge on any atom is -0.497 e. The highest BCUT2D eigenvalue weighted by Crippen LogP contribution is 2.22. The largest absolute Gasteiger partial charge is 0.497 e. The molecule has 0 aliphatic carbocycles. The highest BCUT2D eigenvalue weighted by Gasteiger charge is 2.11. The Hall–Kier alpha value is -3.48. The third-order valence-electron chi connectivity index (χ3n) is 3.85. The van der Waals surface area contributed by atoms with Gasteiger partial charge in [-0.25, -0.2) is 4.79 Å². The molecule has 4 rings (SSSR count). The lowest BCUT2D eigenvalue weighted by Crippen LogP contribution is -2.12. The molecule has 2 heterocycles. The van der Waals surface area contributed by atoms with Crippen LogP contribution in [0.2, 0.25) is 0 Å². The van der Waals surface area contributed by atoms with Crippen LogP contribution >= 0.6 is 0 Å². The van der Waals surface area contributed by atoms with Gasteiger partial charge < -0.3 is 25.0 Å². The monoisotopic (exact) mass is 322 g/mol. The summed E-state index contributed by atoms with van der Waals surface area (Å²) in [6.07, 6.45) is 0. The number of rotatable bonds is 3. The van der Waals surface area contributed by atoms with Gasteiger partial charge in [-0.1, -0.05) is 0 Å². The molecular formula is C17H14N4O3. The normalized spacial score (nSPS) is 11.0. The van der Waals surface area contributed by atoms with Crippen LogP contribution in [-0.2, 0) is 0 Å². The van der Waals surface area contributed by atoms with Crippen molar-refractivity contribution in [3.05, 3.63) is 58.6 Å². The maximum Gasteiger partial charge on any atom is 0.323 e. The number of benzene rings is 2.